The summed E-state index contributed by atoms with van der Waals surface area (Å²) < 4.78 is 0. The van der Waals surface area contributed by atoms with Crippen molar-refractivity contribution < 1.29 is 0 Å². The van der Waals surface area contributed by atoms with E-state index in [1.807, 2.05) is 12.1 Å². The number of hydrogen-bond acceptors (Lipinski definition) is 0. The third-order valence-corrected chi connectivity index (χ3v) is 2.83. The van der Waals surface area contributed by atoms with Gasteiger partial charge in [0.15, 0.2) is 0 Å². The Morgan fingerprint density at radius 3 is 2.62 bits per heavy atom. The van der Waals surface area contributed by atoms with Crippen LogP contribution in [0.5, 0.6) is 0 Å². The molecule has 1 aromatic rings. The van der Waals surface area contributed by atoms with Crippen LogP contribution in [0.15, 0.2) is 18.2 Å². The molecule has 0 radical (unpaired) electrons. The van der Waals surface area contributed by atoms with Gasteiger partial charge in [-0.3, -0.25) is 0 Å². The minimum absolute atomic E-state index is 0.365. The molecule has 72 valence electrons. The topological polar surface area (TPSA) is 0 Å². The fraction of sp³-hybridized carbons (Fsp3) is 0.400. The Morgan fingerprint density at radius 2 is 2.00 bits per heavy atom. The highest BCUT2D eigenvalue weighted by atomic mass is 35.5. The molecule has 1 atom stereocenters. The largest absolute Gasteiger partial charge is 0.127 e. The van der Waals surface area contributed by atoms with Gasteiger partial charge in [0.2, 0.25) is 0 Å². The molecule has 0 fully saturated rings. The highest BCUT2D eigenvalue weighted by Gasteiger charge is 2.09. The van der Waals surface area contributed by atoms with Gasteiger partial charge in [-0.2, -0.15) is 0 Å². The molecular formula is C10H11Cl3. The van der Waals surface area contributed by atoms with Crippen LogP contribution in [0.25, 0.3) is 0 Å². The average molecular weight is 238 g/mol. The summed E-state index contributed by atoms with van der Waals surface area (Å²) in [6.45, 7) is 2.10. The normalized spacial score (nSPS) is 12.9. The Bertz CT molecular complexity index is 283. The smallest absolute Gasteiger partial charge is 0.0441 e. The molecule has 0 saturated carbocycles. The summed E-state index contributed by atoms with van der Waals surface area (Å²) in [5, 5.41) is 1.49. The fourth-order valence-electron chi connectivity index (χ4n) is 1.21. The molecule has 0 saturated heterocycles. The van der Waals surface area contributed by atoms with Gasteiger partial charge in [0.05, 0.1) is 0 Å². The summed E-state index contributed by atoms with van der Waals surface area (Å²) in [7, 11) is 0. The van der Waals surface area contributed by atoms with Crippen molar-refractivity contribution in [3.05, 3.63) is 33.8 Å². The SMILES string of the molecule is CC(CCCl)c1cc(Cl)ccc1Cl. The Morgan fingerprint density at radius 1 is 1.31 bits per heavy atom. The van der Waals surface area contributed by atoms with E-state index >= 15 is 0 Å². The molecule has 0 aliphatic heterocycles. The molecule has 0 nitrogen and oxygen atoms in total. The Labute approximate surface area is 93.8 Å². The quantitative estimate of drug-likeness (QED) is 0.667. The van der Waals surface area contributed by atoms with Gasteiger partial charge in [-0.25, -0.2) is 0 Å². The lowest BCUT2D eigenvalue weighted by atomic mass is 9.99. The molecular weight excluding hydrogens is 226 g/mol. The van der Waals surface area contributed by atoms with E-state index in [2.05, 4.69) is 6.92 Å². The van der Waals surface area contributed by atoms with Crippen molar-refractivity contribution in [2.75, 3.05) is 5.88 Å². The monoisotopic (exact) mass is 236 g/mol. The lowest BCUT2D eigenvalue weighted by Crippen LogP contribution is -1.95. The van der Waals surface area contributed by atoms with Gasteiger partial charge in [-0.15, -0.1) is 11.6 Å². The first-order valence-electron chi connectivity index (χ1n) is 4.16. The van der Waals surface area contributed by atoms with E-state index in [1.54, 1.807) is 6.07 Å². The van der Waals surface area contributed by atoms with Gasteiger partial charge in [0.1, 0.15) is 0 Å². The molecule has 0 spiro atoms. The van der Waals surface area contributed by atoms with Crippen LogP contribution < -0.4 is 0 Å². The van der Waals surface area contributed by atoms with Gasteiger partial charge in [0, 0.05) is 15.9 Å². The van der Waals surface area contributed by atoms with E-state index in [1.165, 1.54) is 0 Å². The summed E-state index contributed by atoms with van der Waals surface area (Å²) in [5.74, 6) is 1.01. The van der Waals surface area contributed by atoms with Gasteiger partial charge < -0.3 is 0 Å². The van der Waals surface area contributed by atoms with Crippen molar-refractivity contribution in [1.82, 2.24) is 0 Å². The molecule has 0 aliphatic carbocycles. The predicted octanol–water partition coefficient (Wildman–Crippen LogP) is 4.73. The molecule has 0 aliphatic rings. The van der Waals surface area contributed by atoms with Crippen molar-refractivity contribution in [3.63, 3.8) is 0 Å². The minimum atomic E-state index is 0.365. The molecule has 0 heterocycles. The van der Waals surface area contributed by atoms with Crippen molar-refractivity contribution in [2.24, 2.45) is 0 Å². The first-order valence-corrected chi connectivity index (χ1v) is 5.45. The first kappa shape index (κ1) is 11.2. The zero-order valence-electron chi connectivity index (χ0n) is 7.36. The molecule has 0 amide bonds. The second-order valence-electron chi connectivity index (χ2n) is 3.04. The van der Waals surface area contributed by atoms with Crippen molar-refractivity contribution in [2.45, 2.75) is 19.3 Å². The van der Waals surface area contributed by atoms with E-state index in [9.17, 15) is 0 Å². The lowest BCUT2D eigenvalue weighted by Gasteiger charge is -2.11. The molecule has 3 heteroatoms. The van der Waals surface area contributed by atoms with Gasteiger partial charge in [0.25, 0.3) is 0 Å². The molecule has 1 rings (SSSR count). The van der Waals surface area contributed by atoms with Gasteiger partial charge >= 0.3 is 0 Å². The molecule has 0 N–H and O–H groups in total. The van der Waals surface area contributed by atoms with E-state index < -0.39 is 0 Å². The Hall–Kier alpha value is 0.0900. The second kappa shape index (κ2) is 5.09. The third kappa shape index (κ3) is 3.05. The summed E-state index contributed by atoms with van der Waals surface area (Å²) in [4.78, 5) is 0. The van der Waals surface area contributed by atoms with Crippen molar-refractivity contribution in [1.29, 1.82) is 0 Å². The van der Waals surface area contributed by atoms with Crippen LogP contribution in [0.2, 0.25) is 10.0 Å². The highest BCUT2D eigenvalue weighted by molar-refractivity contribution is 6.33. The molecule has 0 bridgehead atoms. The van der Waals surface area contributed by atoms with Crippen LogP contribution in [-0.2, 0) is 0 Å². The maximum atomic E-state index is 6.03. The molecule has 1 unspecified atom stereocenters. The summed E-state index contributed by atoms with van der Waals surface area (Å²) in [5.41, 5.74) is 1.08. The predicted molar refractivity (Wildman–Crippen MR) is 60.2 cm³/mol. The van der Waals surface area contributed by atoms with Crippen LogP contribution >= 0.6 is 34.8 Å². The highest BCUT2D eigenvalue weighted by Crippen LogP contribution is 2.29. The third-order valence-electron chi connectivity index (χ3n) is 2.03. The van der Waals surface area contributed by atoms with Crippen molar-refractivity contribution >= 4 is 34.8 Å². The number of hydrogen-bond donors (Lipinski definition) is 0. The number of halogens is 3. The molecule has 0 aromatic heterocycles. The second-order valence-corrected chi connectivity index (χ2v) is 4.27. The zero-order chi connectivity index (χ0) is 9.84. The Kier molecular flexibility index (Phi) is 4.37. The molecule has 1 aromatic carbocycles. The summed E-state index contributed by atoms with van der Waals surface area (Å²) >= 11 is 17.6. The van der Waals surface area contributed by atoms with Crippen molar-refractivity contribution in [3.8, 4) is 0 Å². The first-order chi connectivity index (χ1) is 6.15. The summed E-state index contributed by atoms with van der Waals surface area (Å²) in [6.07, 6.45) is 0.918. The van der Waals surface area contributed by atoms with E-state index in [0.29, 0.717) is 11.8 Å². The number of rotatable bonds is 3. The number of alkyl halides is 1. The lowest BCUT2D eigenvalue weighted by molar-refractivity contribution is 0.738. The maximum Gasteiger partial charge on any atom is 0.0441 e. The van der Waals surface area contributed by atoms with Gasteiger partial charge in [-0.1, -0.05) is 30.1 Å². The minimum Gasteiger partial charge on any atom is -0.127 e. The summed E-state index contributed by atoms with van der Waals surface area (Å²) in [6, 6.07) is 5.52. The van der Waals surface area contributed by atoms with Crippen LogP contribution in [-0.4, -0.2) is 5.88 Å². The average Bonchev–Trinajstić information content (AvgIpc) is 2.09. The van der Waals surface area contributed by atoms with Crippen LogP contribution in [0.1, 0.15) is 24.8 Å². The van der Waals surface area contributed by atoms with E-state index in [-0.39, 0.29) is 0 Å². The fourth-order valence-corrected chi connectivity index (χ4v) is 2.02. The zero-order valence-corrected chi connectivity index (χ0v) is 9.63. The van der Waals surface area contributed by atoms with Crippen LogP contribution in [0.4, 0.5) is 0 Å². The number of benzene rings is 1. The van der Waals surface area contributed by atoms with E-state index in [0.717, 1.165) is 22.0 Å². The molecule has 13 heavy (non-hydrogen) atoms. The standard InChI is InChI=1S/C10H11Cl3/c1-7(4-5-11)9-6-8(12)2-3-10(9)13/h2-3,6-7H,4-5H2,1H3. The van der Waals surface area contributed by atoms with Crippen LogP contribution in [0, 0.1) is 0 Å². The van der Waals surface area contributed by atoms with Gasteiger partial charge in [-0.05, 0) is 36.1 Å². The Balaban J connectivity index is 2.91. The van der Waals surface area contributed by atoms with Crippen LogP contribution in [0.3, 0.4) is 0 Å². The maximum absolute atomic E-state index is 6.03. The van der Waals surface area contributed by atoms with E-state index in [4.69, 9.17) is 34.8 Å².